The van der Waals surface area contributed by atoms with Crippen LogP contribution in [0.25, 0.3) is 11.2 Å². The van der Waals surface area contributed by atoms with E-state index >= 15 is 0 Å². The number of rotatable bonds is 0. The molecule has 0 amide bonds. The fourth-order valence-electron chi connectivity index (χ4n) is 0.771. The molecule has 0 saturated heterocycles. The van der Waals surface area contributed by atoms with Crippen molar-refractivity contribution in [3.8, 4) is 0 Å². The van der Waals surface area contributed by atoms with E-state index in [1.165, 1.54) is 0 Å². The Morgan fingerprint density at radius 3 is 2.80 bits per heavy atom. The minimum atomic E-state index is 0.600. The molecule has 0 aliphatic carbocycles. The molecule has 0 fully saturated rings. The summed E-state index contributed by atoms with van der Waals surface area (Å²) >= 11 is 4.90. The summed E-state index contributed by atoms with van der Waals surface area (Å²) in [5.74, 6) is 0. The van der Waals surface area contributed by atoms with E-state index in [1.807, 2.05) is 0 Å². The smallest absolute Gasteiger partial charge is 0.173 e. The predicted octanol–water partition coefficient (Wildman–Crippen LogP) is 1.02. The van der Waals surface area contributed by atoms with Gasteiger partial charge in [0.25, 0.3) is 0 Å². The lowest BCUT2D eigenvalue weighted by Crippen LogP contribution is -1.76. The van der Waals surface area contributed by atoms with E-state index in [-0.39, 0.29) is 0 Å². The monoisotopic (exact) mass is 152 g/mol. The number of hydrogen-bond acceptors (Lipinski definition) is 3. The number of H-pyrrole nitrogens is 2. The largest absolute Gasteiger partial charge is 0.287 e. The molecule has 4 nitrogen and oxygen atoms in total. The zero-order valence-electron chi connectivity index (χ0n) is 4.96. The highest BCUT2D eigenvalue weighted by atomic mass is 32.1. The molecule has 0 bridgehead atoms. The molecule has 0 atom stereocenters. The van der Waals surface area contributed by atoms with Gasteiger partial charge >= 0.3 is 0 Å². The lowest BCUT2D eigenvalue weighted by atomic mass is 10.6. The van der Waals surface area contributed by atoms with Crippen molar-refractivity contribution in [1.82, 2.24) is 20.2 Å². The maximum absolute atomic E-state index is 4.90. The third-order valence-electron chi connectivity index (χ3n) is 1.21. The predicted molar refractivity (Wildman–Crippen MR) is 39.1 cm³/mol. The Balaban J connectivity index is 3.07. The highest BCUT2D eigenvalue weighted by molar-refractivity contribution is 7.71. The van der Waals surface area contributed by atoms with Crippen molar-refractivity contribution in [2.24, 2.45) is 0 Å². The summed E-state index contributed by atoms with van der Waals surface area (Å²) in [7, 11) is 0. The molecule has 0 aliphatic rings. The Bertz CT molecular complexity index is 401. The maximum Gasteiger partial charge on any atom is 0.173 e. The van der Waals surface area contributed by atoms with Crippen LogP contribution in [0.4, 0.5) is 0 Å². The summed E-state index contributed by atoms with van der Waals surface area (Å²) in [5.41, 5.74) is 1.42. The van der Waals surface area contributed by atoms with Gasteiger partial charge in [-0.15, -0.1) is 0 Å². The van der Waals surface area contributed by atoms with E-state index < -0.39 is 0 Å². The number of nitrogens with one attached hydrogen (secondary N) is 2. The Morgan fingerprint density at radius 1 is 1.20 bits per heavy atom. The van der Waals surface area contributed by atoms with Crippen LogP contribution in [0, 0.1) is 4.64 Å². The Kier molecular flexibility index (Phi) is 1.04. The molecular formula is C5H4N4S. The van der Waals surface area contributed by atoms with Gasteiger partial charge in [-0.2, -0.15) is 0 Å². The second-order valence-electron chi connectivity index (χ2n) is 1.83. The fourth-order valence-corrected chi connectivity index (χ4v) is 0.971. The lowest BCUT2D eigenvalue weighted by Gasteiger charge is -1.80. The molecule has 2 N–H and O–H groups in total. The number of aromatic nitrogens is 4. The first-order chi connectivity index (χ1) is 4.88. The summed E-state index contributed by atoms with van der Waals surface area (Å²) in [6, 6.07) is 0. The summed E-state index contributed by atoms with van der Waals surface area (Å²) in [6.45, 7) is 0. The molecular weight excluding hydrogens is 148 g/mol. The van der Waals surface area contributed by atoms with Crippen LogP contribution >= 0.6 is 12.2 Å². The van der Waals surface area contributed by atoms with Gasteiger partial charge in [-0.25, -0.2) is 9.97 Å². The maximum atomic E-state index is 4.90. The zero-order valence-corrected chi connectivity index (χ0v) is 5.77. The van der Waals surface area contributed by atoms with Crippen molar-refractivity contribution in [1.29, 1.82) is 0 Å². The van der Waals surface area contributed by atoms with E-state index in [0.29, 0.717) is 10.3 Å². The highest BCUT2D eigenvalue weighted by Gasteiger charge is 1.95. The summed E-state index contributed by atoms with van der Waals surface area (Å²) < 4.78 is 0.600. The molecule has 0 unspecified atom stereocenters. The fraction of sp³-hybridized carbons (Fsp3) is 0. The van der Waals surface area contributed by atoms with Gasteiger partial charge in [0.2, 0.25) is 0 Å². The standard InChI is InChI=1S/C5H4N4S/c10-5-3-4(8-9-5)7-2-1-6-3/h1-2H,(H2,7,8,9,10). The molecule has 10 heavy (non-hydrogen) atoms. The van der Waals surface area contributed by atoms with Gasteiger partial charge in [0.05, 0.1) is 0 Å². The van der Waals surface area contributed by atoms with Crippen LogP contribution in [0.5, 0.6) is 0 Å². The number of nitrogens with zero attached hydrogens (tertiary/aromatic N) is 2. The Labute approximate surface area is 61.3 Å². The molecule has 2 aromatic heterocycles. The molecule has 0 saturated carbocycles. The van der Waals surface area contributed by atoms with Gasteiger partial charge in [0.15, 0.2) is 5.65 Å². The van der Waals surface area contributed by atoms with Gasteiger partial charge in [-0.3, -0.25) is 10.2 Å². The Morgan fingerprint density at radius 2 is 2.00 bits per heavy atom. The molecule has 0 aliphatic heterocycles. The van der Waals surface area contributed by atoms with Gasteiger partial charge in [-0.1, -0.05) is 12.2 Å². The van der Waals surface area contributed by atoms with Crippen molar-refractivity contribution >= 4 is 23.4 Å². The van der Waals surface area contributed by atoms with Crippen LogP contribution < -0.4 is 0 Å². The lowest BCUT2D eigenvalue weighted by molar-refractivity contribution is 1.09. The number of fused-ring (bicyclic) bond motifs is 1. The van der Waals surface area contributed by atoms with Gasteiger partial charge < -0.3 is 0 Å². The molecule has 5 heteroatoms. The van der Waals surface area contributed by atoms with Crippen molar-refractivity contribution in [3.63, 3.8) is 0 Å². The normalized spacial score (nSPS) is 10.4. The van der Waals surface area contributed by atoms with Gasteiger partial charge in [0.1, 0.15) is 10.2 Å². The second-order valence-corrected chi connectivity index (χ2v) is 2.24. The summed E-state index contributed by atoms with van der Waals surface area (Å²) in [5, 5.41) is 5.53. The van der Waals surface area contributed by atoms with Gasteiger partial charge in [0, 0.05) is 12.4 Å². The Hall–Kier alpha value is -1.23. The first-order valence-corrected chi connectivity index (χ1v) is 3.16. The highest BCUT2D eigenvalue weighted by Crippen LogP contribution is 2.02. The van der Waals surface area contributed by atoms with Crippen LogP contribution in [0.1, 0.15) is 0 Å². The van der Waals surface area contributed by atoms with E-state index in [1.54, 1.807) is 12.4 Å². The van der Waals surface area contributed by atoms with Gasteiger partial charge in [-0.05, 0) is 0 Å². The molecule has 50 valence electrons. The molecule has 2 aromatic rings. The molecule has 2 rings (SSSR count). The first-order valence-electron chi connectivity index (χ1n) is 2.75. The second kappa shape index (κ2) is 1.88. The number of aromatic amines is 2. The van der Waals surface area contributed by atoms with Crippen LogP contribution in [0.15, 0.2) is 12.4 Å². The van der Waals surface area contributed by atoms with Crippen LogP contribution in [-0.4, -0.2) is 20.2 Å². The van der Waals surface area contributed by atoms with Crippen LogP contribution in [0.3, 0.4) is 0 Å². The summed E-state index contributed by atoms with van der Waals surface area (Å²) in [4.78, 5) is 8.00. The molecule has 2 heterocycles. The van der Waals surface area contributed by atoms with Crippen molar-refractivity contribution in [2.45, 2.75) is 0 Å². The minimum absolute atomic E-state index is 0.600. The van der Waals surface area contributed by atoms with E-state index in [9.17, 15) is 0 Å². The first kappa shape index (κ1) is 5.55. The van der Waals surface area contributed by atoms with Crippen molar-refractivity contribution in [3.05, 3.63) is 17.0 Å². The number of hydrogen-bond donors (Lipinski definition) is 2. The summed E-state index contributed by atoms with van der Waals surface area (Å²) in [6.07, 6.45) is 3.22. The average Bonchev–Trinajstić information content (AvgIpc) is 2.34. The third-order valence-corrected chi connectivity index (χ3v) is 1.50. The quantitative estimate of drug-likeness (QED) is 0.554. The van der Waals surface area contributed by atoms with E-state index in [0.717, 1.165) is 5.52 Å². The van der Waals surface area contributed by atoms with Crippen molar-refractivity contribution < 1.29 is 0 Å². The van der Waals surface area contributed by atoms with Crippen molar-refractivity contribution in [2.75, 3.05) is 0 Å². The van der Waals surface area contributed by atoms with Crippen LogP contribution in [-0.2, 0) is 0 Å². The SMILES string of the molecule is S=c1[nH][nH]c2nccnc12. The van der Waals surface area contributed by atoms with E-state index in [2.05, 4.69) is 20.2 Å². The zero-order chi connectivity index (χ0) is 6.97. The topological polar surface area (TPSA) is 57.4 Å². The minimum Gasteiger partial charge on any atom is -0.287 e. The molecule has 0 aromatic carbocycles. The molecule has 0 radical (unpaired) electrons. The average molecular weight is 152 g/mol. The molecule has 0 spiro atoms. The third kappa shape index (κ3) is 0.640. The van der Waals surface area contributed by atoms with Crippen LogP contribution in [0.2, 0.25) is 0 Å². The van der Waals surface area contributed by atoms with E-state index in [4.69, 9.17) is 12.2 Å².